The van der Waals surface area contributed by atoms with E-state index in [1.54, 1.807) is 55.7 Å². The summed E-state index contributed by atoms with van der Waals surface area (Å²) in [5.41, 5.74) is 5.65. The predicted molar refractivity (Wildman–Crippen MR) is 119 cm³/mol. The molecule has 146 valence electrons. The maximum Gasteiger partial charge on any atom is 0.273 e. The Morgan fingerprint density at radius 2 is 1.89 bits per heavy atom. The molecule has 0 atom stereocenters. The van der Waals surface area contributed by atoms with E-state index in [-0.39, 0.29) is 11.7 Å². The Balaban J connectivity index is 1.93. The zero-order valence-corrected chi connectivity index (χ0v) is 17.9. The van der Waals surface area contributed by atoms with Gasteiger partial charge in [0.25, 0.3) is 11.8 Å². The SMILES string of the molecule is C=CCOc1ccccc1C(=O)NNC(=S)NC(=O)c1ccc(OC)c(I)c1. The van der Waals surface area contributed by atoms with Crippen molar-refractivity contribution < 1.29 is 19.1 Å². The van der Waals surface area contributed by atoms with Gasteiger partial charge in [0.15, 0.2) is 5.11 Å². The number of para-hydroxylation sites is 1. The fourth-order valence-corrected chi connectivity index (χ4v) is 3.00. The predicted octanol–water partition coefficient (Wildman–Crippen LogP) is 2.81. The molecule has 0 bridgehead atoms. The number of carbonyl (C=O) groups excluding carboxylic acids is 2. The molecule has 0 saturated carbocycles. The van der Waals surface area contributed by atoms with Crippen molar-refractivity contribution in [1.82, 2.24) is 16.2 Å². The molecule has 2 rings (SSSR count). The molecule has 0 aliphatic rings. The van der Waals surface area contributed by atoms with Gasteiger partial charge in [-0.05, 0) is 65.1 Å². The van der Waals surface area contributed by atoms with Gasteiger partial charge in [-0.1, -0.05) is 24.8 Å². The summed E-state index contributed by atoms with van der Waals surface area (Å²) in [6, 6.07) is 11.7. The topological polar surface area (TPSA) is 88.7 Å². The average molecular weight is 511 g/mol. The normalized spacial score (nSPS) is 9.79. The second kappa shape index (κ2) is 10.6. The van der Waals surface area contributed by atoms with Crippen molar-refractivity contribution in [3.63, 3.8) is 0 Å². The van der Waals surface area contributed by atoms with Gasteiger partial charge in [-0.25, -0.2) is 0 Å². The number of hydrogen-bond acceptors (Lipinski definition) is 5. The summed E-state index contributed by atoms with van der Waals surface area (Å²) in [6.45, 7) is 3.85. The van der Waals surface area contributed by atoms with E-state index in [2.05, 4.69) is 45.3 Å². The lowest BCUT2D eigenvalue weighted by molar-refractivity contribution is 0.0931. The van der Waals surface area contributed by atoms with E-state index in [0.29, 0.717) is 22.6 Å². The Morgan fingerprint density at radius 3 is 2.57 bits per heavy atom. The fraction of sp³-hybridized carbons (Fsp3) is 0.105. The highest BCUT2D eigenvalue weighted by molar-refractivity contribution is 14.1. The van der Waals surface area contributed by atoms with E-state index in [1.807, 2.05) is 0 Å². The summed E-state index contributed by atoms with van der Waals surface area (Å²) < 4.78 is 11.4. The zero-order chi connectivity index (χ0) is 20.5. The van der Waals surface area contributed by atoms with Crippen LogP contribution in [0.25, 0.3) is 0 Å². The van der Waals surface area contributed by atoms with Crippen LogP contribution in [0.2, 0.25) is 0 Å². The van der Waals surface area contributed by atoms with Gasteiger partial charge in [-0.2, -0.15) is 0 Å². The van der Waals surface area contributed by atoms with Crippen molar-refractivity contribution in [3.8, 4) is 11.5 Å². The lowest BCUT2D eigenvalue weighted by Crippen LogP contribution is -2.48. The van der Waals surface area contributed by atoms with Crippen LogP contribution in [0.4, 0.5) is 0 Å². The Labute approximate surface area is 181 Å². The van der Waals surface area contributed by atoms with Crippen molar-refractivity contribution in [2.24, 2.45) is 0 Å². The third-order valence-electron chi connectivity index (χ3n) is 3.42. The molecule has 0 aliphatic carbocycles. The van der Waals surface area contributed by atoms with Crippen LogP contribution in [0.5, 0.6) is 11.5 Å². The number of thiocarbonyl (C=S) groups is 1. The van der Waals surface area contributed by atoms with Crippen LogP contribution in [-0.4, -0.2) is 30.6 Å². The van der Waals surface area contributed by atoms with Gasteiger partial charge in [0.2, 0.25) is 0 Å². The first kappa shape index (κ1) is 21.6. The number of rotatable bonds is 6. The maximum absolute atomic E-state index is 12.3. The number of hydrogen-bond donors (Lipinski definition) is 3. The highest BCUT2D eigenvalue weighted by atomic mass is 127. The minimum absolute atomic E-state index is 0.0475. The van der Waals surface area contributed by atoms with E-state index in [0.717, 1.165) is 3.57 Å². The molecule has 0 radical (unpaired) electrons. The third-order valence-corrected chi connectivity index (χ3v) is 4.47. The number of ether oxygens (including phenoxy) is 2. The van der Waals surface area contributed by atoms with E-state index >= 15 is 0 Å². The minimum atomic E-state index is -0.463. The molecule has 28 heavy (non-hydrogen) atoms. The van der Waals surface area contributed by atoms with Crippen LogP contribution in [0, 0.1) is 3.57 Å². The van der Waals surface area contributed by atoms with E-state index < -0.39 is 11.8 Å². The summed E-state index contributed by atoms with van der Waals surface area (Å²) in [5.74, 6) is 0.198. The molecule has 0 saturated heterocycles. The van der Waals surface area contributed by atoms with Gasteiger partial charge in [-0.15, -0.1) is 0 Å². The van der Waals surface area contributed by atoms with E-state index in [1.165, 1.54) is 0 Å². The summed E-state index contributed by atoms with van der Waals surface area (Å²) in [5, 5.41) is 2.45. The average Bonchev–Trinajstić information content (AvgIpc) is 2.70. The molecule has 9 heteroatoms. The molecule has 0 aromatic heterocycles. The molecule has 2 aromatic carbocycles. The summed E-state index contributed by atoms with van der Waals surface area (Å²) >= 11 is 7.12. The van der Waals surface area contributed by atoms with Crippen molar-refractivity contribution in [2.45, 2.75) is 0 Å². The number of amides is 2. The molecule has 2 amide bonds. The van der Waals surface area contributed by atoms with Gasteiger partial charge in [0.1, 0.15) is 18.1 Å². The first-order valence-electron chi connectivity index (χ1n) is 8.04. The molecule has 0 spiro atoms. The number of benzene rings is 2. The summed E-state index contributed by atoms with van der Waals surface area (Å²) in [6.07, 6.45) is 1.58. The molecule has 7 nitrogen and oxygen atoms in total. The standard InChI is InChI=1S/C19H18IN3O4S/c1-3-10-27-15-7-5-4-6-13(15)18(25)22-23-19(28)21-17(24)12-8-9-16(26-2)14(20)11-12/h3-9,11H,1,10H2,2H3,(H,22,25)(H2,21,23,24,28). The van der Waals surface area contributed by atoms with Crippen molar-refractivity contribution in [1.29, 1.82) is 0 Å². The number of methoxy groups -OCH3 is 1. The van der Waals surface area contributed by atoms with Crippen LogP contribution in [-0.2, 0) is 0 Å². The zero-order valence-electron chi connectivity index (χ0n) is 15.0. The lowest BCUT2D eigenvalue weighted by Gasteiger charge is -2.13. The quantitative estimate of drug-likeness (QED) is 0.239. The van der Waals surface area contributed by atoms with Crippen molar-refractivity contribution >= 4 is 51.7 Å². The molecule has 3 N–H and O–H groups in total. The Morgan fingerprint density at radius 1 is 1.14 bits per heavy atom. The van der Waals surface area contributed by atoms with Crippen LogP contribution in [0.15, 0.2) is 55.1 Å². The smallest absolute Gasteiger partial charge is 0.273 e. The van der Waals surface area contributed by atoms with Gasteiger partial charge in [0.05, 0.1) is 16.2 Å². The second-order valence-electron chi connectivity index (χ2n) is 5.31. The number of hydrazine groups is 1. The lowest BCUT2D eigenvalue weighted by atomic mass is 10.2. The Bertz CT molecular complexity index is 904. The first-order valence-corrected chi connectivity index (χ1v) is 9.53. The molecular formula is C19H18IN3O4S. The largest absolute Gasteiger partial charge is 0.496 e. The van der Waals surface area contributed by atoms with Gasteiger partial charge in [-0.3, -0.25) is 25.8 Å². The van der Waals surface area contributed by atoms with Crippen LogP contribution < -0.4 is 25.6 Å². The highest BCUT2D eigenvalue weighted by Crippen LogP contribution is 2.21. The number of halogens is 1. The van der Waals surface area contributed by atoms with Crippen molar-refractivity contribution in [3.05, 3.63) is 69.8 Å². The first-order chi connectivity index (χ1) is 13.5. The number of nitrogens with one attached hydrogen (secondary N) is 3. The molecule has 2 aromatic rings. The molecule has 0 heterocycles. The van der Waals surface area contributed by atoms with Gasteiger partial charge in [0, 0.05) is 5.56 Å². The Hall–Kier alpha value is -2.66. The Kier molecular flexibility index (Phi) is 8.20. The fourth-order valence-electron chi connectivity index (χ4n) is 2.12. The van der Waals surface area contributed by atoms with E-state index in [4.69, 9.17) is 21.7 Å². The monoisotopic (exact) mass is 511 g/mol. The summed E-state index contributed by atoms with van der Waals surface area (Å²) in [7, 11) is 1.56. The minimum Gasteiger partial charge on any atom is -0.496 e. The summed E-state index contributed by atoms with van der Waals surface area (Å²) in [4.78, 5) is 24.6. The van der Waals surface area contributed by atoms with Crippen LogP contribution in [0.1, 0.15) is 20.7 Å². The molecule has 0 fully saturated rings. The van der Waals surface area contributed by atoms with Crippen LogP contribution in [0.3, 0.4) is 0 Å². The second-order valence-corrected chi connectivity index (χ2v) is 6.88. The number of carbonyl (C=O) groups is 2. The molecular weight excluding hydrogens is 493 g/mol. The van der Waals surface area contributed by atoms with Gasteiger partial charge >= 0.3 is 0 Å². The highest BCUT2D eigenvalue weighted by Gasteiger charge is 2.14. The van der Waals surface area contributed by atoms with E-state index in [9.17, 15) is 9.59 Å². The van der Waals surface area contributed by atoms with Crippen molar-refractivity contribution in [2.75, 3.05) is 13.7 Å². The third kappa shape index (κ3) is 5.92. The molecule has 0 unspecified atom stereocenters. The maximum atomic E-state index is 12.3. The molecule has 0 aliphatic heterocycles. The van der Waals surface area contributed by atoms with Crippen LogP contribution >= 0.6 is 34.8 Å². The van der Waals surface area contributed by atoms with Gasteiger partial charge < -0.3 is 9.47 Å².